The summed E-state index contributed by atoms with van der Waals surface area (Å²) in [6, 6.07) is 5.75. The number of pyridine rings is 1. The van der Waals surface area contributed by atoms with Crippen LogP contribution in [0.5, 0.6) is 11.6 Å². The summed E-state index contributed by atoms with van der Waals surface area (Å²) in [5.74, 6) is -4.29. The van der Waals surface area contributed by atoms with E-state index in [-0.39, 0.29) is 28.5 Å². The number of anilines is 3. The fourth-order valence-electron chi connectivity index (χ4n) is 4.74. The summed E-state index contributed by atoms with van der Waals surface area (Å²) in [6.45, 7) is 5.28. The molecule has 0 bridgehead atoms. The van der Waals surface area contributed by atoms with Crippen LogP contribution in [-0.2, 0) is 0 Å². The number of benzene rings is 1. The van der Waals surface area contributed by atoms with Gasteiger partial charge in [-0.3, -0.25) is 9.36 Å². The average molecular weight is 538 g/mol. The van der Waals surface area contributed by atoms with E-state index >= 15 is 13.2 Å². The maximum atomic E-state index is 15.4. The second-order valence-electron chi connectivity index (χ2n) is 9.93. The summed E-state index contributed by atoms with van der Waals surface area (Å²) in [6.07, 6.45) is 4.19. The molecule has 12 heteroatoms. The van der Waals surface area contributed by atoms with Gasteiger partial charge in [0.25, 0.3) is 5.88 Å². The second-order valence-corrected chi connectivity index (χ2v) is 9.93. The van der Waals surface area contributed by atoms with Gasteiger partial charge in [-0.25, -0.2) is 18.7 Å². The zero-order chi connectivity index (χ0) is 27.3. The van der Waals surface area contributed by atoms with Crippen molar-refractivity contribution in [1.29, 1.82) is 0 Å². The van der Waals surface area contributed by atoms with Crippen LogP contribution in [0.3, 0.4) is 0 Å². The number of halogens is 3. The van der Waals surface area contributed by atoms with Gasteiger partial charge in [-0.2, -0.15) is 9.37 Å². The SMILES string of the molecule is Cc1cc2c(F)c(Oc3ncnc(Nc4ccc(N5CCN(C)CC5)cn4)c3F)cc(F)c2n1C(=O)C1CC1. The molecule has 0 radical (unpaired) electrons. The topological polar surface area (TPSA) is 88.4 Å². The predicted octanol–water partition coefficient (Wildman–Crippen LogP) is 4.89. The summed E-state index contributed by atoms with van der Waals surface area (Å²) < 4.78 is 52.3. The minimum Gasteiger partial charge on any atom is -0.433 e. The number of aryl methyl sites for hydroxylation is 1. The van der Waals surface area contributed by atoms with Gasteiger partial charge in [0.1, 0.15) is 12.1 Å². The number of fused-ring (bicyclic) bond motifs is 1. The summed E-state index contributed by atoms with van der Waals surface area (Å²) in [5.41, 5.74) is 1.20. The first kappa shape index (κ1) is 25.1. The Labute approximate surface area is 222 Å². The number of aromatic nitrogens is 4. The van der Waals surface area contributed by atoms with Gasteiger partial charge in [0, 0.05) is 49.2 Å². The molecule has 0 spiro atoms. The van der Waals surface area contributed by atoms with Crippen molar-refractivity contribution in [2.75, 3.05) is 43.4 Å². The first-order valence-corrected chi connectivity index (χ1v) is 12.7. The van der Waals surface area contributed by atoms with Crippen LogP contribution >= 0.6 is 0 Å². The van der Waals surface area contributed by atoms with Crippen LogP contribution in [0.4, 0.5) is 30.5 Å². The molecule has 1 aliphatic carbocycles. The Balaban J connectivity index is 1.23. The van der Waals surface area contributed by atoms with E-state index in [0.29, 0.717) is 11.5 Å². The van der Waals surface area contributed by atoms with Gasteiger partial charge >= 0.3 is 0 Å². The Kier molecular flexibility index (Phi) is 6.34. The van der Waals surface area contributed by atoms with Crippen molar-refractivity contribution in [3.63, 3.8) is 0 Å². The highest BCUT2D eigenvalue weighted by Crippen LogP contribution is 2.38. The summed E-state index contributed by atoms with van der Waals surface area (Å²) >= 11 is 0. The van der Waals surface area contributed by atoms with Gasteiger partial charge in [0.15, 0.2) is 23.2 Å². The van der Waals surface area contributed by atoms with Crippen LogP contribution in [0.1, 0.15) is 23.3 Å². The smallest absolute Gasteiger partial charge is 0.261 e. The monoisotopic (exact) mass is 537 g/mol. The molecule has 0 amide bonds. The van der Waals surface area contributed by atoms with Crippen molar-refractivity contribution < 1.29 is 22.7 Å². The first-order chi connectivity index (χ1) is 18.8. The minimum atomic E-state index is -1.000. The fraction of sp³-hybridized carbons (Fsp3) is 0.333. The number of carbonyl (C=O) groups excluding carboxylic acids is 1. The van der Waals surface area contributed by atoms with Crippen LogP contribution in [0, 0.1) is 30.3 Å². The van der Waals surface area contributed by atoms with Crippen LogP contribution in [0.15, 0.2) is 36.8 Å². The average Bonchev–Trinajstić information content (AvgIpc) is 3.72. The number of likely N-dealkylation sites (N-methyl/N-ethyl adjacent to an activating group) is 1. The second kappa shape index (κ2) is 9.84. The third kappa shape index (κ3) is 4.76. The molecular formula is C27H26F3N7O2. The fourth-order valence-corrected chi connectivity index (χ4v) is 4.74. The van der Waals surface area contributed by atoms with E-state index < -0.39 is 29.1 Å². The maximum Gasteiger partial charge on any atom is 0.261 e. The Morgan fingerprint density at radius 1 is 1.03 bits per heavy atom. The molecule has 4 heterocycles. The molecule has 3 aromatic heterocycles. The lowest BCUT2D eigenvalue weighted by molar-refractivity contribution is 0.0889. The van der Waals surface area contributed by atoms with Crippen molar-refractivity contribution in [2.45, 2.75) is 19.8 Å². The molecule has 39 heavy (non-hydrogen) atoms. The van der Waals surface area contributed by atoms with Crippen molar-refractivity contribution in [3.05, 3.63) is 59.9 Å². The first-order valence-electron chi connectivity index (χ1n) is 12.7. The molecule has 202 valence electrons. The highest BCUT2D eigenvalue weighted by Gasteiger charge is 2.33. The molecule has 2 fully saturated rings. The number of rotatable bonds is 6. The number of hydrogen-bond acceptors (Lipinski definition) is 8. The van der Waals surface area contributed by atoms with Crippen LogP contribution in [-0.4, -0.2) is 63.6 Å². The van der Waals surface area contributed by atoms with Crippen molar-refractivity contribution in [1.82, 2.24) is 24.4 Å². The van der Waals surface area contributed by atoms with Gasteiger partial charge in [0.05, 0.1) is 17.4 Å². The Morgan fingerprint density at radius 2 is 1.79 bits per heavy atom. The molecule has 1 saturated heterocycles. The standard InChI is InChI=1S/C27H26F3N7O2/c1-15-11-18-22(29)20(12-19(28)24(18)37(15)27(38)16-3-4-16)39-26-23(30)25(32-14-33-26)34-21-6-5-17(13-31-21)36-9-7-35(2)8-10-36/h5-6,11-14,16H,3-4,7-10H2,1-2H3,(H,31,32,33,34). The number of nitrogens with one attached hydrogen (secondary N) is 1. The van der Waals surface area contributed by atoms with Gasteiger partial charge in [-0.15, -0.1) is 0 Å². The lowest BCUT2D eigenvalue weighted by Crippen LogP contribution is -2.44. The van der Waals surface area contributed by atoms with Crippen molar-refractivity contribution >= 4 is 34.1 Å². The molecule has 1 N–H and O–H groups in total. The molecule has 6 rings (SSSR count). The van der Waals surface area contributed by atoms with Crippen molar-refractivity contribution in [2.24, 2.45) is 5.92 Å². The number of hydrogen-bond donors (Lipinski definition) is 1. The van der Waals surface area contributed by atoms with E-state index in [2.05, 4.69) is 37.1 Å². The van der Waals surface area contributed by atoms with Gasteiger partial charge < -0.3 is 19.9 Å². The zero-order valence-corrected chi connectivity index (χ0v) is 21.4. The highest BCUT2D eigenvalue weighted by molar-refractivity contribution is 5.96. The number of carbonyl (C=O) groups is 1. The molecule has 0 atom stereocenters. The third-order valence-corrected chi connectivity index (χ3v) is 7.10. The molecule has 4 aromatic rings. The molecule has 9 nitrogen and oxygen atoms in total. The van der Waals surface area contributed by atoms with Gasteiger partial charge in [-0.1, -0.05) is 0 Å². The quantitative estimate of drug-likeness (QED) is 0.372. The largest absolute Gasteiger partial charge is 0.433 e. The summed E-state index contributed by atoms with van der Waals surface area (Å²) in [7, 11) is 2.08. The molecular weight excluding hydrogens is 511 g/mol. The lowest BCUT2D eigenvalue weighted by atomic mass is 10.2. The summed E-state index contributed by atoms with van der Waals surface area (Å²) in [4.78, 5) is 29.1. The molecule has 1 aliphatic heterocycles. The number of piperazine rings is 1. The number of ether oxygens (including phenoxy) is 1. The van der Waals surface area contributed by atoms with E-state index in [4.69, 9.17) is 4.74 Å². The summed E-state index contributed by atoms with van der Waals surface area (Å²) in [5, 5.41) is 2.65. The van der Waals surface area contributed by atoms with Crippen LogP contribution in [0.2, 0.25) is 0 Å². The van der Waals surface area contributed by atoms with Crippen LogP contribution < -0.4 is 15.0 Å². The number of nitrogens with zero attached hydrogens (tertiary/aromatic N) is 6. The minimum absolute atomic E-state index is 0.131. The van der Waals surface area contributed by atoms with Crippen LogP contribution in [0.25, 0.3) is 10.9 Å². The highest BCUT2D eigenvalue weighted by atomic mass is 19.1. The predicted molar refractivity (Wildman–Crippen MR) is 139 cm³/mol. The van der Waals surface area contributed by atoms with Gasteiger partial charge in [-0.05, 0) is 45.0 Å². The zero-order valence-electron chi connectivity index (χ0n) is 21.4. The molecule has 2 aliphatic rings. The van der Waals surface area contributed by atoms with Crippen molar-refractivity contribution in [3.8, 4) is 11.6 Å². The van der Waals surface area contributed by atoms with E-state index in [1.54, 1.807) is 19.2 Å². The maximum absolute atomic E-state index is 15.4. The van der Waals surface area contributed by atoms with Gasteiger partial charge in [0.2, 0.25) is 11.7 Å². The van der Waals surface area contributed by atoms with E-state index in [9.17, 15) is 4.79 Å². The Bertz CT molecular complexity index is 1560. The Morgan fingerprint density at radius 3 is 2.49 bits per heavy atom. The van der Waals surface area contributed by atoms with E-state index in [0.717, 1.165) is 57.1 Å². The van der Waals surface area contributed by atoms with E-state index in [1.807, 2.05) is 6.07 Å². The van der Waals surface area contributed by atoms with E-state index in [1.165, 1.54) is 10.6 Å². The normalized spacial score (nSPS) is 16.1. The molecule has 1 saturated carbocycles. The third-order valence-electron chi connectivity index (χ3n) is 7.10. The molecule has 0 unspecified atom stereocenters. The lowest BCUT2D eigenvalue weighted by Gasteiger charge is -2.33. The molecule has 1 aromatic carbocycles. The Hall–Kier alpha value is -4.19.